The number of carboxylic acids is 1. The molecule has 0 radical (unpaired) electrons. The van der Waals surface area contributed by atoms with E-state index in [0.29, 0.717) is 30.1 Å². The second kappa shape index (κ2) is 7.00. The van der Waals surface area contributed by atoms with Crippen LogP contribution in [-0.2, 0) is 11.3 Å². The molecule has 24 heavy (non-hydrogen) atoms. The van der Waals surface area contributed by atoms with E-state index in [1.165, 1.54) is 0 Å². The van der Waals surface area contributed by atoms with Crippen molar-refractivity contribution < 1.29 is 14.4 Å². The van der Waals surface area contributed by atoms with Gasteiger partial charge in [-0.25, -0.2) is 4.98 Å². The van der Waals surface area contributed by atoms with E-state index in [0.717, 1.165) is 30.3 Å². The summed E-state index contributed by atoms with van der Waals surface area (Å²) >= 11 is 1.66. The number of aromatic nitrogens is 2. The van der Waals surface area contributed by atoms with Gasteiger partial charge in [0.15, 0.2) is 0 Å². The van der Waals surface area contributed by atoms with Gasteiger partial charge in [-0.15, -0.1) is 11.3 Å². The van der Waals surface area contributed by atoms with Crippen LogP contribution in [0.4, 0.5) is 0 Å². The van der Waals surface area contributed by atoms with Crippen molar-refractivity contribution in [3.05, 3.63) is 33.1 Å². The zero-order valence-corrected chi connectivity index (χ0v) is 15.0. The molecule has 0 saturated carbocycles. The maximum atomic E-state index is 11.8. The van der Waals surface area contributed by atoms with Crippen LogP contribution >= 0.6 is 11.3 Å². The highest BCUT2D eigenvalue weighted by atomic mass is 32.1. The third kappa shape index (κ3) is 3.50. The van der Waals surface area contributed by atoms with Gasteiger partial charge in [0, 0.05) is 43.7 Å². The minimum absolute atomic E-state index is 0.584. The molecule has 2 aromatic heterocycles. The van der Waals surface area contributed by atoms with Crippen molar-refractivity contribution in [3.8, 4) is 0 Å². The normalized spacial score (nSPS) is 18.0. The van der Waals surface area contributed by atoms with Crippen LogP contribution in [0.25, 0.3) is 0 Å². The van der Waals surface area contributed by atoms with Crippen LogP contribution in [0, 0.1) is 20.8 Å². The van der Waals surface area contributed by atoms with Crippen molar-refractivity contribution >= 4 is 17.3 Å². The fourth-order valence-electron chi connectivity index (χ4n) is 3.23. The molecule has 0 aromatic carbocycles. The van der Waals surface area contributed by atoms with Gasteiger partial charge in [-0.05, 0) is 20.8 Å². The molecular weight excluding hydrogens is 328 g/mol. The van der Waals surface area contributed by atoms with Gasteiger partial charge in [0.05, 0.1) is 16.4 Å². The summed E-state index contributed by atoms with van der Waals surface area (Å²) in [4.78, 5) is 20.7. The second-order valence-electron chi connectivity index (χ2n) is 6.15. The van der Waals surface area contributed by atoms with Gasteiger partial charge in [0.2, 0.25) is 0 Å². The lowest BCUT2D eigenvalue weighted by Gasteiger charge is -2.37. The molecule has 1 saturated heterocycles. The Kier molecular flexibility index (Phi) is 4.98. The Balaban J connectivity index is 1.67. The fourth-order valence-corrected chi connectivity index (χ4v) is 3.84. The molecular formula is C16H22N4O3S. The number of aryl methyl sites for hydroxylation is 3. The highest BCUT2D eigenvalue weighted by molar-refractivity contribution is 7.09. The molecule has 130 valence electrons. The lowest BCUT2D eigenvalue weighted by molar-refractivity contribution is -0.144. The molecule has 7 nitrogen and oxygen atoms in total. The van der Waals surface area contributed by atoms with Crippen LogP contribution in [0.15, 0.2) is 9.90 Å². The van der Waals surface area contributed by atoms with Crippen molar-refractivity contribution in [1.29, 1.82) is 0 Å². The van der Waals surface area contributed by atoms with E-state index >= 15 is 0 Å². The number of thiazole rings is 1. The van der Waals surface area contributed by atoms with E-state index in [9.17, 15) is 9.90 Å². The number of nitrogens with zero attached hydrogens (tertiary/aromatic N) is 4. The first kappa shape index (κ1) is 17.1. The molecule has 8 heteroatoms. The third-order valence-electron chi connectivity index (χ3n) is 4.42. The summed E-state index contributed by atoms with van der Waals surface area (Å²) in [6.45, 7) is 9.44. The van der Waals surface area contributed by atoms with E-state index in [1.54, 1.807) is 25.2 Å². The molecule has 1 fully saturated rings. The van der Waals surface area contributed by atoms with Crippen molar-refractivity contribution in [2.45, 2.75) is 33.4 Å². The first-order chi connectivity index (χ1) is 11.5. The summed E-state index contributed by atoms with van der Waals surface area (Å²) in [6, 6.07) is -0.695. The molecule has 1 aliphatic heterocycles. The van der Waals surface area contributed by atoms with Crippen molar-refractivity contribution in [3.63, 3.8) is 0 Å². The molecule has 1 atom stereocenters. The quantitative estimate of drug-likeness (QED) is 0.883. The summed E-state index contributed by atoms with van der Waals surface area (Å²) < 4.78 is 5.16. The molecule has 3 rings (SSSR count). The Hall–Kier alpha value is -1.77. The monoisotopic (exact) mass is 350 g/mol. The van der Waals surface area contributed by atoms with Gasteiger partial charge in [-0.2, -0.15) is 0 Å². The van der Waals surface area contributed by atoms with Crippen LogP contribution in [0.5, 0.6) is 0 Å². The van der Waals surface area contributed by atoms with Crippen LogP contribution in [0.3, 0.4) is 0 Å². The van der Waals surface area contributed by atoms with E-state index < -0.39 is 12.0 Å². The Morgan fingerprint density at radius 3 is 2.54 bits per heavy atom. The zero-order valence-electron chi connectivity index (χ0n) is 14.2. The molecule has 0 amide bonds. The maximum absolute atomic E-state index is 11.8. The van der Waals surface area contributed by atoms with E-state index in [1.807, 2.05) is 11.8 Å². The van der Waals surface area contributed by atoms with E-state index in [4.69, 9.17) is 4.52 Å². The zero-order chi connectivity index (χ0) is 17.3. The first-order valence-corrected chi connectivity index (χ1v) is 8.86. The minimum atomic E-state index is -0.854. The molecule has 2 aromatic rings. The summed E-state index contributed by atoms with van der Waals surface area (Å²) in [7, 11) is 0. The molecule has 1 aliphatic rings. The molecule has 1 N–H and O–H groups in total. The number of carboxylic acid groups (broad SMARTS) is 1. The van der Waals surface area contributed by atoms with Gasteiger partial charge in [-0.3, -0.25) is 14.6 Å². The molecule has 0 spiro atoms. The molecule has 0 bridgehead atoms. The maximum Gasteiger partial charge on any atom is 0.325 e. The Morgan fingerprint density at radius 1 is 1.33 bits per heavy atom. The Labute approximate surface area is 144 Å². The molecule has 0 unspecified atom stereocenters. The topological polar surface area (TPSA) is 82.7 Å². The number of aliphatic carboxylic acids is 1. The Bertz CT molecular complexity index is 699. The average molecular weight is 350 g/mol. The predicted molar refractivity (Wildman–Crippen MR) is 90.1 cm³/mol. The second-order valence-corrected chi connectivity index (χ2v) is 7.21. The number of piperazine rings is 1. The summed E-state index contributed by atoms with van der Waals surface area (Å²) in [5.41, 5.74) is 2.43. The summed E-state index contributed by atoms with van der Waals surface area (Å²) in [6.07, 6.45) is 0. The lowest BCUT2D eigenvalue weighted by Crippen LogP contribution is -2.49. The third-order valence-corrected chi connectivity index (χ3v) is 5.24. The van der Waals surface area contributed by atoms with Crippen LogP contribution in [0.2, 0.25) is 0 Å². The highest BCUT2D eigenvalue weighted by Crippen LogP contribution is 2.28. The first-order valence-electron chi connectivity index (χ1n) is 7.98. The van der Waals surface area contributed by atoms with Gasteiger partial charge < -0.3 is 9.63 Å². The van der Waals surface area contributed by atoms with E-state index in [2.05, 4.69) is 20.4 Å². The van der Waals surface area contributed by atoms with Crippen LogP contribution in [0.1, 0.15) is 33.8 Å². The van der Waals surface area contributed by atoms with Crippen LogP contribution < -0.4 is 0 Å². The van der Waals surface area contributed by atoms with Gasteiger partial charge >= 0.3 is 5.97 Å². The van der Waals surface area contributed by atoms with Crippen molar-refractivity contribution in [1.82, 2.24) is 19.9 Å². The van der Waals surface area contributed by atoms with Crippen LogP contribution in [-0.4, -0.2) is 57.2 Å². The largest absolute Gasteiger partial charge is 0.480 e. The number of rotatable bonds is 5. The van der Waals surface area contributed by atoms with E-state index in [-0.39, 0.29) is 0 Å². The standard InChI is InChI=1S/C16H22N4O3S/c1-10-14(11(2)23-18-10)15(16(21)22)20-6-4-19(5-7-20)8-13-9-24-12(3)17-13/h9,15H,4-8H2,1-3H3,(H,21,22)/t15-/m1/s1. The summed E-state index contributed by atoms with van der Waals surface area (Å²) in [5.74, 6) is -0.270. The SMILES string of the molecule is Cc1nc(CN2CCN([C@@H](C(=O)O)c3c(C)noc3C)CC2)cs1. The van der Waals surface area contributed by atoms with Crippen molar-refractivity contribution in [2.24, 2.45) is 0 Å². The van der Waals surface area contributed by atoms with Gasteiger partial charge in [-0.1, -0.05) is 5.16 Å². The minimum Gasteiger partial charge on any atom is -0.480 e. The smallest absolute Gasteiger partial charge is 0.325 e. The average Bonchev–Trinajstić information content (AvgIpc) is 3.09. The highest BCUT2D eigenvalue weighted by Gasteiger charge is 2.34. The number of carbonyl (C=O) groups is 1. The number of hydrogen-bond donors (Lipinski definition) is 1. The molecule has 0 aliphatic carbocycles. The number of hydrogen-bond acceptors (Lipinski definition) is 7. The summed E-state index contributed by atoms with van der Waals surface area (Å²) in [5, 5.41) is 16.8. The van der Waals surface area contributed by atoms with Gasteiger partial charge in [0.1, 0.15) is 11.8 Å². The lowest BCUT2D eigenvalue weighted by atomic mass is 10.0. The Morgan fingerprint density at radius 2 is 2.04 bits per heavy atom. The van der Waals surface area contributed by atoms with Crippen molar-refractivity contribution in [2.75, 3.05) is 26.2 Å². The predicted octanol–water partition coefficient (Wildman–Crippen LogP) is 2.00. The van der Waals surface area contributed by atoms with Gasteiger partial charge in [0.25, 0.3) is 0 Å². The molecule has 3 heterocycles. The fraction of sp³-hybridized carbons (Fsp3) is 0.562.